The van der Waals surface area contributed by atoms with E-state index < -0.39 is 0 Å². The SMILES string of the molecule is O=C(CSc1c(-c2ccccc2)nc2cc(Cl)ccc2c1-c1ccccc1)Nc1ccccc1. The second kappa shape index (κ2) is 10.1. The van der Waals surface area contributed by atoms with Crippen LogP contribution in [0, 0.1) is 0 Å². The molecule has 0 spiro atoms. The van der Waals surface area contributed by atoms with Crippen molar-refractivity contribution in [2.75, 3.05) is 11.1 Å². The molecule has 0 atom stereocenters. The number of benzene rings is 4. The molecule has 1 aromatic heterocycles. The van der Waals surface area contributed by atoms with Crippen LogP contribution in [0.4, 0.5) is 5.69 Å². The molecule has 4 aromatic carbocycles. The smallest absolute Gasteiger partial charge is 0.234 e. The monoisotopic (exact) mass is 480 g/mol. The number of nitrogens with zero attached hydrogens (tertiary/aromatic N) is 1. The Morgan fingerprint density at radius 3 is 2.09 bits per heavy atom. The number of rotatable bonds is 6. The summed E-state index contributed by atoms with van der Waals surface area (Å²) < 4.78 is 0. The Kier molecular flexibility index (Phi) is 6.61. The molecular formula is C29H21ClN2OS. The van der Waals surface area contributed by atoms with Gasteiger partial charge in [0.1, 0.15) is 0 Å². The second-order valence-electron chi connectivity index (χ2n) is 7.76. The van der Waals surface area contributed by atoms with E-state index in [0.717, 1.165) is 43.9 Å². The lowest BCUT2D eigenvalue weighted by molar-refractivity contribution is -0.113. The van der Waals surface area contributed by atoms with Gasteiger partial charge in [0.15, 0.2) is 0 Å². The Balaban J connectivity index is 1.64. The highest BCUT2D eigenvalue weighted by atomic mass is 35.5. The molecule has 0 aliphatic rings. The lowest BCUT2D eigenvalue weighted by Crippen LogP contribution is -2.14. The first-order valence-corrected chi connectivity index (χ1v) is 12.3. The molecule has 5 rings (SSSR count). The van der Waals surface area contributed by atoms with E-state index in [4.69, 9.17) is 16.6 Å². The topological polar surface area (TPSA) is 42.0 Å². The fraction of sp³-hybridized carbons (Fsp3) is 0.0345. The molecule has 5 aromatic rings. The van der Waals surface area contributed by atoms with Crippen molar-refractivity contribution >= 4 is 45.9 Å². The zero-order valence-corrected chi connectivity index (χ0v) is 19.8. The van der Waals surface area contributed by atoms with E-state index in [2.05, 4.69) is 17.4 Å². The lowest BCUT2D eigenvalue weighted by Gasteiger charge is -2.18. The van der Waals surface area contributed by atoms with E-state index >= 15 is 0 Å². The molecule has 1 heterocycles. The summed E-state index contributed by atoms with van der Waals surface area (Å²) in [5.41, 5.74) is 5.56. The average molecular weight is 481 g/mol. The number of thioether (sulfide) groups is 1. The summed E-state index contributed by atoms with van der Waals surface area (Å²) in [5, 5.41) is 4.62. The number of halogens is 1. The van der Waals surface area contributed by atoms with Crippen molar-refractivity contribution in [3.8, 4) is 22.4 Å². The first-order chi connectivity index (χ1) is 16.7. The molecule has 1 N–H and O–H groups in total. The van der Waals surface area contributed by atoms with Gasteiger partial charge >= 0.3 is 0 Å². The molecule has 0 unspecified atom stereocenters. The summed E-state index contributed by atoms with van der Waals surface area (Å²) in [5.74, 6) is 0.195. The maximum Gasteiger partial charge on any atom is 0.234 e. The number of anilines is 1. The molecule has 1 amide bonds. The van der Waals surface area contributed by atoms with Crippen molar-refractivity contribution in [2.45, 2.75) is 4.90 Å². The van der Waals surface area contributed by atoms with Crippen LogP contribution in [0.25, 0.3) is 33.3 Å². The first kappa shape index (κ1) is 22.2. The van der Waals surface area contributed by atoms with Crippen molar-refractivity contribution in [3.05, 3.63) is 114 Å². The molecule has 0 aliphatic heterocycles. The zero-order valence-electron chi connectivity index (χ0n) is 18.2. The normalized spacial score (nSPS) is 10.9. The minimum Gasteiger partial charge on any atom is -0.325 e. The van der Waals surface area contributed by atoms with Crippen LogP contribution < -0.4 is 5.32 Å². The number of para-hydroxylation sites is 1. The largest absolute Gasteiger partial charge is 0.325 e. The maximum absolute atomic E-state index is 12.8. The number of amides is 1. The number of carbonyl (C=O) groups excluding carboxylic acids is 1. The molecule has 0 bridgehead atoms. The predicted octanol–water partition coefficient (Wildman–Crippen LogP) is 7.95. The second-order valence-corrected chi connectivity index (χ2v) is 9.18. The summed E-state index contributed by atoms with van der Waals surface area (Å²) in [6.07, 6.45) is 0. The van der Waals surface area contributed by atoms with Gasteiger partial charge in [0.2, 0.25) is 5.91 Å². The minimum atomic E-state index is -0.0644. The van der Waals surface area contributed by atoms with Gasteiger partial charge in [-0.2, -0.15) is 0 Å². The molecule has 3 nitrogen and oxygen atoms in total. The Labute approximate surface area is 207 Å². The third-order valence-corrected chi connectivity index (χ3v) is 6.75. The third kappa shape index (κ3) is 4.84. The van der Waals surface area contributed by atoms with Gasteiger partial charge in [-0.15, -0.1) is 11.8 Å². The quantitative estimate of drug-likeness (QED) is 0.251. The lowest BCUT2D eigenvalue weighted by atomic mass is 9.98. The molecule has 0 saturated heterocycles. The molecule has 0 aliphatic carbocycles. The van der Waals surface area contributed by atoms with E-state index in [1.165, 1.54) is 11.8 Å². The van der Waals surface area contributed by atoms with Crippen LogP contribution >= 0.6 is 23.4 Å². The van der Waals surface area contributed by atoms with E-state index in [9.17, 15) is 4.79 Å². The summed E-state index contributed by atoms with van der Waals surface area (Å²) in [7, 11) is 0. The van der Waals surface area contributed by atoms with E-state index in [0.29, 0.717) is 5.02 Å². The third-order valence-electron chi connectivity index (χ3n) is 5.42. The van der Waals surface area contributed by atoms with E-state index in [1.54, 1.807) is 0 Å². The summed E-state index contributed by atoms with van der Waals surface area (Å²) in [4.78, 5) is 18.8. The van der Waals surface area contributed by atoms with Crippen LogP contribution in [-0.2, 0) is 4.79 Å². The summed E-state index contributed by atoms with van der Waals surface area (Å²) in [6, 6.07) is 35.6. The molecule has 34 heavy (non-hydrogen) atoms. The van der Waals surface area contributed by atoms with Gasteiger partial charge in [-0.1, -0.05) is 96.5 Å². The fourth-order valence-corrected chi connectivity index (χ4v) is 5.09. The van der Waals surface area contributed by atoms with Gasteiger partial charge in [-0.3, -0.25) is 4.79 Å². The van der Waals surface area contributed by atoms with Crippen LogP contribution in [0.5, 0.6) is 0 Å². The zero-order chi connectivity index (χ0) is 23.3. The highest BCUT2D eigenvalue weighted by Crippen LogP contribution is 2.43. The van der Waals surface area contributed by atoms with E-state index in [-0.39, 0.29) is 11.7 Å². The average Bonchev–Trinajstić information content (AvgIpc) is 2.88. The number of fused-ring (bicyclic) bond motifs is 1. The number of carbonyl (C=O) groups is 1. The van der Waals surface area contributed by atoms with Gasteiger partial charge in [0.25, 0.3) is 0 Å². The van der Waals surface area contributed by atoms with Crippen LogP contribution in [0.2, 0.25) is 5.02 Å². The summed E-state index contributed by atoms with van der Waals surface area (Å²) in [6.45, 7) is 0. The van der Waals surface area contributed by atoms with Gasteiger partial charge in [0, 0.05) is 32.1 Å². The number of hydrogen-bond donors (Lipinski definition) is 1. The standard InChI is InChI=1S/C29H21ClN2OS/c30-22-16-17-24-25(18-22)32-28(21-12-6-2-7-13-21)29(27(24)20-10-4-1-5-11-20)34-19-26(33)31-23-14-8-3-9-15-23/h1-18H,19H2,(H,31,33). The minimum absolute atomic E-state index is 0.0644. The molecule has 5 heteroatoms. The number of pyridine rings is 1. The van der Waals surface area contributed by atoms with Crippen LogP contribution in [-0.4, -0.2) is 16.6 Å². The summed E-state index contributed by atoms with van der Waals surface area (Å²) >= 11 is 7.84. The number of hydrogen-bond acceptors (Lipinski definition) is 3. The Morgan fingerprint density at radius 2 is 1.41 bits per heavy atom. The van der Waals surface area contributed by atoms with Gasteiger partial charge in [0.05, 0.1) is 17.0 Å². The van der Waals surface area contributed by atoms with Gasteiger partial charge < -0.3 is 5.32 Å². The Bertz CT molecular complexity index is 1440. The highest BCUT2D eigenvalue weighted by Gasteiger charge is 2.20. The maximum atomic E-state index is 12.8. The Morgan fingerprint density at radius 1 is 0.794 bits per heavy atom. The van der Waals surface area contributed by atoms with Gasteiger partial charge in [-0.05, 0) is 29.8 Å². The molecule has 0 saturated carbocycles. The fourth-order valence-electron chi connectivity index (χ4n) is 3.90. The molecule has 0 radical (unpaired) electrons. The van der Waals surface area contributed by atoms with Crippen molar-refractivity contribution in [1.82, 2.24) is 4.98 Å². The van der Waals surface area contributed by atoms with Crippen LogP contribution in [0.1, 0.15) is 0 Å². The molecule has 0 fully saturated rings. The number of nitrogens with one attached hydrogen (secondary N) is 1. The first-order valence-electron chi connectivity index (χ1n) is 10.9. The van der Waals surface area contributed by atoms with Crippen molar-refractivity contribution in [2.24, 2.45) is 0 Å². The van der Waals surface area contributed by atoms with Crippen molar-refractivity contribution in [3.63, 3.8) is 0 Å². The number of aromatic nitrogens is 1. The van der Waals surface area contributed by atoms with Crippen molar-refractivity contribution < 1.29 is 4.79 Å². The Hall–Kier alpha value is -3.60. The van der Waals surface area contributed by atoms with E-state index in [1.807, 2.05) is 97.1 Å². The van der Waals surface area contributed by atoms with Crippen molar-refractivity contribution in [1.29, 1.82) is 0 Å². The highest BCUT2D eigenvalue weighted by molar-refractivity contribution is 8.00. The van der Waals surface area contributed by atoms with Crippen LogP contribution in [0.3, 0.4) is 0 Å². The molecule has 166 valence electrons. The van der Waals surface area contributed by atoms with Crippen LogP contribution in [0.15, 0.2) is 114 Å². The molecular weight excluding hydrogens is 460 g/mol. The predicted molar refractivity (Wildman–Crippen MR) is 143 cm³/mol. The van der Waals surface area contributed by atoms with Gasteiger partial charge in [-0.25, -0.2) is 4.98 Å².